The first-order valence-electron chi connectivity index (χ1n) is 5.37. The molecule has 1 atom stereocenters. The molecule has 78 valence electrons. The molecule has 0 aliphatic heterocycles. The highest BCUT2D eigenvalue weighted by Gasteiger charge is 2.00. The summed E-state index contributed by atoms with van der Waals surface area (Å²) in [6.07, 6.45) is 4.27. The van der Waals surface area contributed by atoms with Crippen molar-refractivity contribution in [2.75, 3.05) is 6.54 Å². The average molecular weight is 192 g/mol. The molecule has 0 spiro atoms. The van der Waals surface area contributed by atoms with Crippen LogP contribution in [0.15, 0.2) is 18.3 Å². The molecular formula is C12H20N2. The molecule has 1 rings (SSSR count). The maximum Gasteiger partial charge on any atom is 0.0372 e. The minimum atomic E-state index is 0.598. The topological polar surface area (TPSA) is 24.9 Å². The number of hydrogen-bond donors (Lipinski definition) is 1. The van der Waals surface area contributed by atoms with E-state index < -0.39 is 0 Å². The molecule has 0 amide bonds. The average Bonchev–Trinajstić information content (AvgIpc) is 2.17. The molecule has 1 N–H and O–H groups in total. The van der Waals surface area contributed by atoms with Gasteiger partial charge in [-0.15, -0.1) is 0 Å². The van der Waals surface area contributed by atoms with Crippen molar-refractivity contribution in [1.29, 1.82) is 0 Å². The summed E-state index contributed by atoms with van der Waals surface area (Å²) in [6.45, 7) is 7.44. The number of nitrogens with zero attached hydrogens (tertiary/aromatic N) is 1. The minimum Gasteiger partial charge on any atom is -0.315 e. The summed E-state index contributed by atoms with van der Waals surface area (Å²) in [5.41, 5.74) is 2.42. The second-order valence-corrected chi connectivity index (χ2v) is 3.81. The summed E-state index contributed by atoms with van der Waals surface area (Å²) in [4.78, 5) is 4.28. The first-order chi connectivity index (χ1) is 6.72. The van der Waals surface area contributed by atoms with Crippen molar-refractivity contribution >= 4 is 0 Å². The van der Waals surface area contributed by atoms with Crippen molar-refractivity contribution in [3.63, 3.8) is 0 Å². The maximum atomic E-state index is 4.28. The molecule has 0 fully saturated rings. The molecule has 0 aliphatic rings. The summed E-state index contributed by atoms with van der Waals surface area (Å²) < 4.78 is 0. The predicted octanol–water partition coefficient (Wildman–Crippen LogP) is 2.32. The van der Waals surface area contributed by atoms with Crippen molar-refractivity contribution < 1.29 is 0 Å². The monoisotopic (exact) mass is 192 g/mol. The lowest BCUT2D eigenvalue weighted by molar-refractivity contribution is 0.530. The van der Waals surface area contributed by atoms with E-state index in [1.54, 1.807) is 0 Å². The second-order valence-electron chi connectivity index (χ2n) is 3.81. The third kappa shape index (κ3) is 3.88. The molecule has 0 aliphatic carbocycles. The van der Waals surface area contributed by atoms with E-state index in [0.717, 1.165) is 18.7 Å². The Morgan fingerprint density at radius 1 is 1.43 bits per heavy atom. The molecular weight excluding hydrogens is 172 g/mol. The van der Waals surface area contributed by atoms with E-state index in [2.05, 4.69) is 36.3 Å². The molecule has 0 aromatic carbocycles. The first kappa shape index (κ1) is 11.2. The van der Waals surface area contributed by atoms with E-state index in [1.807, 2.05) is 13.1 Å². The number of hydrogen-bond acceptors (Lipinski definition) is 2. The van der Waals surface area contributed by atoms with Crippen LogP contribution >= 0.6 is 0 Å². The summed E-state index contributed by atoms with van der Waals surface area (Å²) in [5, 5.41) is 3.41. The Balaban J connectivity index is 2.34. The lowest BCUT2D eigenvalue weighted by Crippen LogP contribution is -2.25. The van der Waals surface area contributed by atoms with Gasteiger partial charge in [-0.25, -0.2) is 0 Å². The molecule has 2 nitrogen and oxygen atoms in total. The largest absolute Gasteiger partial charge is 0.315 e. The fourth-order valence-corrected chi connectivity index (χ4v) is 1.48. The van der Waals surface area contributed by atoms with Gasteiger partial charge in [0, 0.05) is 17.9 Å². The van der Waals surface area contributed by atoms with Gasteiger partial charge in [0.1, 0.15) is 0 Å². The fourth-order valence-electron chi connectivity index (χ4n) is 1.48. The number of aryl methyl sites for hydroxylation is 2. The molecule has 0 saturated heterocycles. The molecule has 0 radical (unpaired) electrons. The zero-order valence-corrected chi connectivity index (χ0v) is 9.38. The molecule has 2 heteroatoms. The highest BCUT2D eigenvalue weighted by molar-refractivity contribution is 5.13. The first-order valence-corrected chi connectivity index (χ1v) is 5.37. The number of rotatable bonds is 5. The quantitative estimate of drug-likeness (QED) is 0.774. The van der Waals surface area contributed by atoms with Crippen LogP contribution in [0.4, 0.5) is 0 Å². The maximum absolute atomic E-state index is 4.28. The van der Waals surface area contributed by atoms with Crippen LogP contribution in [-0.2, 0) is 6.42 Å². The Labute approximate surface area is 86.8 Å². The van der Waals surface area contributed by atoms with Gasteiger partial charge < -0.3 is 5.32 Å². The Morgan fingerprint density at radius 3 is 2.79 bits per heavy atom. The van der Waals surface area contributed by atoms with Crippen molar-refractivity contribution in [2.24, 2.45) is 0 Å². The van der Waals surface area contributed by atoms with Gasteiger partial charge in [-0.2, -0.15) is 0 Å². The van der Waals surface area contributed by atoms with Crippen LogP contribution in [-0.4, -0.2) is 17.6 Å². The van der Waals surface area contributed by atoms with Gasteiger partial charge in [0.15, 0.2) is 0 Å². The minimum absolute atomic E-state index is 0.598. The van der Waals surface area contributed by atoms with Gasteiger partial charge in [-0.3, -0.25) is 4.98 Å². The lowest BCUT2D eigenvalue weighted by Gasteiger charge is -2.11. The normalized spacial score (nSPS) is 12.8. The summed E-state index contributed by atoms with van der Waals surface area (Å²) >= 11 is 0. The van der Waals surface area contributed by atoms with Crippen LogP contribution in [0, 0.1) is 6.92 Å². The molecule has 0 bridgehead atoms. The molecule has 1 aromatic heterocycles. The highest BCUT2D eigenvalue weighted by atomic mass is 14.9. The Bertz CT molecular complexity index is 254. The van der Waals surface area contributed by atoms with Crippen LogP contribution in [0.25, 0.3) is 0 Å². The van der Waals surface area contributed by atoms with Gasteiger partial charge in [0.05, 0.1) is 0 Å². The lowest BCUT2D eigenvalue weighted by atomic mass is 10.1. The molecule has 1 aromatic rings. The standard InChI is InChI=1S/C12H20N2/c1-4-13-10(2)5-7-12-8-6-11(3)14-9-12/h6,8-10,13H,4-5,7H2,1-3H3. The second kappa shape index (κ2) is 5.76. The number of aromatic nitrogens is 1. The van der Waals surface area contributed by atoms with E-state index in [4.69, 9.17) is 0 Å². The van der Waals surface area contributed by atoms with Crippen molar-refractivity contribution in [3.05, 3.63) is 29.6 Å². The molecule has 1 unspecified atom stereocenters. The molecule has 0 saturated carbocycles. The SMILES string of the molecule is CCNC(C)CCc1ccc(C)nc1. The van der Waals surface area contributed by atoms with E-state index in [9.17, 15) is 0 Å². The van der Waals surface area contributed by atoms with Crippen LogP contribution in [0.1, 0.15) is 31.5 Å². The highest BCUT2D eigenvalue weighted by Crippen LogP contribution is 2.04. The summed E-state index contributed by atoms with van der Waals surface area (Å²) in [7, 11) is 0. The number of nitrogens with one attached hydrogen (secondary N) is 1. The smallest absolute Gasteiger partial charge is 0.0372 e. The van der Waals surface area contributed by atoms with Gasteiger partial charge >= 0.3 is 0 Å². The zero-order valence-electron chi connectivity index (χ0n) is 9.38. The Hall–Kier alpha value is -0.890. The van der Waals surface area contributed by atoms with Crippen molar-refractivity contribution in [2.45, 2.75) is 39.7 Å². The summed E-state index contributed by atoms with van der Waals surface area (Å²) in [5.74, 6) is 0. The molecule has 14 heavy (non-hydrogen) atoms. The van der Waals surface area contributed by atoms with Crippen LogP contribution in [0.5, 0.6) is 0 Å². The third-order valence-electron chi connectivity index (χ3n) is 2.39. The third-order valence-corrected chi connectivity index (χ3v) is 2.39. The molecule has 1 heterocycles. The Kier molecular flexibility index (Phi) is 4.60. The zero-order chi connectivity index (χ0) is 10.4. The van der Waals surface area contributed by atoms with E-state index in [1.165, 1.54) is 12.0 Å². The van der Waals surface area contributed by atoms with Crippen molar-refractivity contribution in [1.82, 2.24) is 10.3 Å². The van der Waals surface area contributed by atoms with Gasteiger partial charge in [0.2, 0.25) is 0 Å². The summed E-state index contributed by atoms with van der Waals surface area (Å²) in [6, 6.07) is 4.84. The van der Waals surface area contributed by atoms with Crippen LogP contribution < -0.4 is 5.32 Å². The predicted molar refractivity (Wildman–Crippen MR) is 60.4 cm³/mol. The van der Waals surface area contributed by atoms with Crippen molar-refractivity contribution in [3.8, 4) is 0 Å². The van der Waals surface area contributed by atoms with Crippen LogP contribution in [0.2, 0.25) is 0 Å². The number of pyridine rings is 1. The van der Waals surface area contributed by atoms with Gasteiger partial charge in [0.25, 0.3) is 0 Å². The van der Waals surface area contributed by atoms with E-state index >= 15 is 0 Å². The Morgan fingerprint density at radius 2 is 2.21 bits per heavy atom. The van der Waals surface area contributed by atoms with Crippen LogP contribution in [0.3, 0.4) is 0 Å². The van der Waals surface area contributed by atoms with Gasteiger partial charge in [-0.1, -0.05) is 13.0 Å². The van der Waals surface area contributed by atoms with E-state index in [-0.39, 0.29) is 0 Å². The fraction of sp³-hybridized carbons (Fsp3) is 0.583. The van der Waals surface area contributed by atoms with E-state index in [0.29, 0.717) is 6.04 Å². The van der Waals surface area contributed by atoms with Gasteiger partial charge in [-0.05, 0) is 44.9 Å².